The van der Waals surface area contributed by atoms with Gasteiger partial charge in [0.15, 0.2) is 9.84 Å². The van der Waals surface area contributed by atoms with E-state index in [4.69, 9.17) is 4.74 Å². The molecule has 1 fully saturated rings. The fraction of sp³-hybridized carbons (Fsp3) is 0.818. The van der Waals surface area contributed by atoms with E-state index in [9.17, 15) is 18.0 Å². The summed E-state index contributed by atoms with van der Waals surface area (Å²) in [4.78, 5) is 24.8. The molecule has 1 rings (SSSR count). The number of amides is 1. The summed E-state index contributed by atoms with van der Waals surface area (Å²) < 4.78 is 32.4. The Morgan fingerprint density at radius 3 is 2.42 bits per heavy atom. The van der Waals surface area contributed by atoms with E-state index in [-0.39, 0.29) is 18.1 Å². The molecule has 0 unspecified atom stereocenters. The normalized spacial score (nSPS) is 22.8. The Bertz CT molecular complexity index is 446. The fourth-order valence-electron chi connectivity index (χ4n) is 2.21. The lowest BCUT2D eigenvalue weighted by molar-refractivity contribution is -0.155. The highest BCUT2D eigenvalue weighted by molar-refractivity contribution is 7.91. The summed E-state index contributed by atoms with van der Waals surface area (Å²) in [6.07, 6.45) is 0.332. The van der Waals surface area contributed by atoms with Crippen LogP contribution in [0.1, 0.15) is 13.3 Å². The maximum absolute atomic E-state index is 12.0. The van der Waals surface area contributed by atoms with E-state index >= 15 is 0 Å². The molecule has 0 aromatic carbocycles. The Morgan fingerprint density at radius 2 is 2.00 bits per heavy atom. The molecule has 0 aromatic rings. The molecule has 0 bridgehead atoms. The topological polar surface area (TPSA) is 90.0 Å². The maximum atomic E-state index is 12.0. The van der Waals surface area contributed by atoms with Gasteiger partial charge in [0.05, 0.1) is 18.6 Å². The number of hydrogen-bond donors (Lipinski definition) is 0. The van der Waals surface area contributed by atoms with E-state index in [1.165, 1.54) is 26.0 Å². The third kappa shape index (κ3) is 3.90. The van der Waals surface area contributed by atoms with Gasteiger partial charge in [0.2, 0.25) is 5.91 Å². The highest BCUT2D eigenvalue weighted by Crippen LogP contribution is 2.20. The minimum Gasteiger partial charge on any atom is -0.467 e. The van der Waals surface area contributed by atoms with E-state index in [1.807, 2.05) is 0 Å². The van der Waals surface area contributed by atoms with Crippen molar-refractivity contribution in [2.75, 3.05) is 32.3 Å². The van der Waals surface area contributed by atoms with Crippen molar-refractivity contribution in [1.82, 2.24) is 4.90 Å². The monoisotopic (exact) mass is 293 g/mol. The molecule has 110 valence electrons. The highest BCUT2D eigenvalue weighted by Gasteiger charge is 2.39. The number of rotatable bonds is 5. The van der Waals surface area contributed by atoms with Crippen LogP contribution in [0.15, 0.2) is 0 Å². The van der Waals surface area contributed by atoms with Gasteiger partial charge in [-0.2, -0.15) is 0 Å². The van der Waals surface area contributed by atoms with Crippen molar-refractivity contribution >= 4 is 21.7 Å². The van der Waals surface area contributed by atoms with E-state index in [1.54, 1.807) is 0 Å². The zero-order valence-corrected chi connectivity index (χ0v) is 12.1. The standard InChI is InChI=1S/C11H19NO6S/c1-8(11(14)18-3)12(10(13)6-17-2)9-4-5-19(15,16)7-9/h8-9H,4-7H2,1-3H3/t8-,9+/m0/s1. The van der Waals surface area contributed by atoms with Crippen molar-refractivity contribution in [3.63, 3.8) is 0 Å². The zero-order chi connectivity index (χ0) is 14.6. The van der Waals surface area contributed by atoms with Crippen LogP contribution in [0.25, 0.3) is 0 Å². The van der Waals surface area contributed by atoms with E-state index < -0.39 is 33.8 Å². The molecule has 1 aliphatic rings. The van der Waals surface area contributed by atoms with Crippen molar-refractivity contribution in [3.8, 4) is 0 Å². The molecular weight excluding hydrogens is 274 g/mol. The van der Waals surface area contributed by atoms with Crippen molar-refractivity contribution in [1.29, 1.82) is 0 Å². The van der Waals surface area contributed by atoms with Crippen LogP contribution in [0.4, 0.5) is 0 Å². The van der Waals surface area contributed by atoms with Crippen molar-refractivity contribution < 1.29 is 27.5 Å². The summed E-state index contributed by atoms with van der Waals surface area (Å²) in [5.41, 5.74) is 0. The second kappa shape index (κ2) is 6.33. The molecule has 1 aliphatic heterocycles. The second-order valence-corrected chi connectivity index (χ2v) is 6.72. The zero-order valence-electron chi connectivity index (χ0n) is 11.3. The number of sulfone groups is 1. The van der Waals surface area contributed by atoms with Gasteiger partial charge in [-0.25, -0.2) is 13.2 Å². The van der Waals surface area contributed by atoms with E-state index in [0.29, 0.717) is 6.42 Å². The molecule has 8 heteroatoms. The number of carbonyl (C=O) groups excluding carboxylic acids is 2. The SMILES string of the molecule is COCC(=O)N([C@@H]1CCS(=O)(=O)C1)[C@@H](C)C(=O)OC. The molecule has 7 nitrogen and oxygen atoms in total. The first-order chi connectivity index (χ1) is 8.82. The van der Waals surface area contributed by atoms with E-state index in [0.717, 1.165) is 0 Å². The van der Waals surface area contributed by atoms with Gasteiger partial charge < -0.3 is 14.4 Å². The molecule has 2 atom stereocenters. The summed E-state index contributed by atoms with van der Waals surface area (Å²) in [6, 6.07) is -1.33. The average Bonchev–Trinajstić information content (AvgIpc) is 2.69. The Kier molecular flexibility index (Phi) is 5.30. The first-order valence-electron chi connectivity index (χ1n) is 5.90. The Balaban J connectivity index is 2.93. The minimum atomic E-state index is -3.14. The van der Waals surface area contributed by atoms with Gasteiger partial charge in [-0.05, 0) is 13.3 Å². The lowest BCUT2D eigenvalue weighted by atomic mass is 10.1. The summed E-state index contributed by atoms with van der Waals surface area (Å²) in [6.45, 7) is 1.32. The maximum Gasteiger partial charge on any atom is 0.328 e. The molecule has 19 heavy (non-hydrogen) atoms. The molecule has 1 amide bonds. The summed E-state index contributed by atoms with van der Waals surface area (Å²) in [5, 5.41) is 0. The number of esters is 1. The summed E-state index contributed by atoms with van der Waals surface area (Å²) >= 11 is 0. The van der Waals surface area contributed by atoms with Crippen molar-refractivity contribution in [2.24, 2.45) is 0 Å². The first kappa shape index (κ1) is 15.9. The molecule has 1 saturated heterocycles. The van der Waals surface area contributed by atoms with Crippen LogP contribution in [0, 0.1) is 0 Å². The van der Waals surface area contributed by atoms with Crippen molar-refractivity contribution in [3.05, 3.63) is 0 Å². The lowest BCUT2D eigenvalue weighted by Crippen LogP contribution is -2.51. The van der Waals surface area contributed by atoms with Gasteiger partial charge in [0, 0.05) is 13.2 Å². The first-order valence-corrected chi connectivity index (χ1v) is 7.73. The van der Waals surface area contributed by atoms with Crippen molar-refractivity contribution in [2.45, 2.75) is 25.4 Å². The largest absolute Gasteiger partial charge is 0.467 e. The second-order valence-electron chi connectivity index (χ2n) is 4.49. The number of methoxy groups -OCH3 is 2. The smallest absolute Gasteiger partial charge is 0.328 e. The molecule has 0 aromatic heterocycles. The number of carbonyl (C=O) groups is 2. The highest BCUT2D eigenvalue weighted by atomic mass is 32.2. The molecule has 0 N–H and O–H groups in total. The average molecular weight is 293 g/mol. The quantitative estimate of drug-likeness (QED) is 0.617. The molecular formula is C11H19NO6S. The molecule has 0 spiro atoms. The van der Waals surface area contributed by atoms with Crippen LogP contribution in [0.2, 0.25) is 0 Å². The molecule has 0 aliphatic carbocycles. The summed E-state index contributed by atoms with van der Waals surface area (Å²) in [5.74, 6) is -1.08. The van der Waals surface area contributed by atoms with Gasteiger partial charge in [0.1, 0.15) is 12.6 Å². The Hall–Kier alpha value is -1.15. The van der Waals surface area contributed by atoms with Gasteiger partial charge in [-0.15, -0.1) is 0 Å². The molecule has 0 radical (unpaired) electrons. The van der Waals surface area contributed by atoms with Crippen LogP contribution < -0.4 is 0 Å². The van der Waals surface area contributed by atoms with Crippen LogP contribution in [0.3, 0.4) is 0 Å². The molecule has 0 saturated carbocycles. The van der Waals surface area contributed by atoms with Crippen LogP contribution in [-0.2, 0) is 28.9 Å². The minimum absolute atomic E-state index is 0.0301. The van der Waals surface area contributed by atoms with Crippen LogP contribution in [0.5, 0.6) is 0 Å². The fourth-order valence-corrected chi connectivity index (χ4v) is 3.92. The number of nitrogens with zero attached hydrogens (tertiary/aromatic N) is 1. The Morgan fingerprint density at radius 1 is 1.37 bits per heavy atom. The third-order valence-corrected chi connectivity index (χ3v) is 4.87. The Labute approximate surface area is 112 Å². The van der Waals surface area contributed by atoms with Crippen LogP contribution >= 0.6 is 0 Å². The third-order valence-electron chi connectivity index (χ3n) is 3.12. The predicted octanol–water partition coefficient (Wildman–Crippen LogP) is -0.790. The van der Waals surface area contributed by atoms with Crippen LogP contribution in [-0.4, -0.2) is 69.6 Å². The number of ether oxygens (including phenoxy) is 2. The number of hydrogen-bond acceptors (Lipinski definition) is 6. The lowest BCUT2D eigenvalue weighted by Gasteiger charge is -2.32. The van der Waals surface area contributed by atoms with Gasteiger partial charge >= 0.3 is 5.97 Å². The predicted molar refractivity (Wildman–Crippen MR) is 67.3 cm³/mol. The van der Waals surface area contributed by atoms with Gasteiger partial charge in [-0.3, -0.25) is 4.79 Å². The summed E-state index contributed by atoms with van der Waals surface area (Å²) in [7, 11) is -0.551. The van der Waals surface area contributed by atoms with Gasteiger partial charge in [0.25, 0.3) is 0 Å². The van der Waals surface area contributed by atoms with Gasteiger partial charge in [-0.1, -0.05) is 0 Å². The van der Waals surface area contributed by atoms with E-state index in [2.05, 4.69) is 4.74 Å². The molecule has 1 heterocycles.